The molecule has 1 saturated heterocycles. The summed E-state index contributed by atoms with van der Waals surface area (Å²) in [6, 6.07) is 5.60. The van der Waals surface area contributed by atoms with Crippen LogP contribution in [-0.2, 0) is 14.4 Å². The van der Waals surface area contributed by atoms with Crippen LogP contribution in [0.4, 0.5) is 10.1 Å². The summed E-state index contributed by atoms with van der Waals surface area (Å²) in [5.74, 6) is -1.44. The second-order valence-corrected chi connectivity index (χ2v) is 6.13. The van der Waals surface area contributed by atoms with Crippen molar-refractivity contribution in [3.8, 4) is 0 Å². The smallest absolute Gasteiger partial charge is 0.233 e. The number of fused-ring (bicyclic) bond motifs is 1. The molecule has 0 bridgehead atoms. The minimum absolute atomic E-state index is 0.0213. The van der Waals surface area contributed by atoms with Crippen molar-refractivity contribution in [1.29, 1.82) is 0 Å². The van der Waals surface area contributed by atoms with Crippen LogP contribution >= 0.6 is 0 Å². The maximum Gasteiger partial charge on any atom is 0.233 e. The maximum atomic E-state index is 13.1. The predicted octanol–water partition coefficient (Wildman–Crippen LogP) is 2.33. The lowest BCUT2D eigenvalue weighted by molar-refractivity contribution is -0.140. The Morgan fingerprint density at radius 2 is 1.83 bits per heavy atom. The van der Waals surface area contributed by atoms with Gasteiger partial charge in [-0.1, -0.05) is 18.9 Å². The Kier molecular flexibility index (Phi) is 4.41. The topological polar surface area (TPSA) is 66.5 Å². The van der Waals surface area contributed by atoms with Crippen molar-refractivity contribution in [2.45, 2.75) is 32.1 Å². The SMILES string of the molecule is O=C(CCN1C(=O)[C@H]2CCCC[C@@H]2C1=O)Nc1cccc(F)c1. The first-order valence-corrected chi connectivity index (χ1v) is 7.97. The Labute approximate surface area is 133 Å². The van der Waals surface area contributed by atoms with Gasteiger partial charge in [0.05, 0.1) is 11.8 Å². The standard InChI is InChI=1S/C17H19FN2O3/c18-11-4-3-5-12(10-11)19-15(21)8-9-20-16(22)13-6-1-2-7-14(13)17(20)23/h3-5,10,13-14H,1-2,6-9H2,(H,19,21)/t13-,14-/m0/s1. The fourth-order valence-electron chi connectivity index (χ4n) is 3.45. The Morgan fingerprint density at radius 3 is 2.43 bits per heavy atom. The lowest BCUT2D eigenvalue weighted by Crippen LogP contribution is -2.34. The van der Waals surface area contributed by atoms with Gasteiger partial charge in [-0.25, -0.2) is 4.39 Å². The molecule has 122 valence electrons. The van der Waals surface area contributed by atoms with Crippen LogP contribution in [0.15, 0.2) is 24.3 Å². The van der Waals surface area contributed by atoms with E-state index in [1.807, 2.05) is 0 Å². The third kappa shape index (κ3) is 3.25. The number of hydrogen-bond acceptors (Lipinski definition) is 3. The van der Waals surface area contributed by atoms with Crippen LogP contribution in [0.2, 0.25) is 0 Å². The van der Waals surface area contributed by atoms with Gasteiger partial charge >= 0.3 is 0 Å². The van der Waals surface area contributed by atoms with Crippen LogP contribution < -0.4 is 5.32 Å². The highest BCUT2D eigenvalue weighted by Crippen LogP contribution is 2.37. The summed E-state index contributed by atoms with van der Waals surface area (Å²) in [7, 11) is 0. The highest BCUT2D eigenvalue weighted by Gasteiger charge is 2.47. The quantitative estimate of drug-likeness (QED) is 0.867. The summed E-state index contributed by atoms with van der Waals surface area (Å²) in [5, 5.41) is 2.57. The predicted molar refractivity (Wildman–Crippen MR) is 81.8 cm³/mol. The van der Waals surface area contributed by atoms with Gasteiger partial charge in [-0.15, -0.1) is 0 Å². The van der Waals surface area contributed by atoms with Gasteiger partial charge in [0.25, 0.3) is 0 Å². The second-order valence-electron chi connectivity index (χ2n) is 6.13. The number of nitrogens with one attached hydrogen (secondary N) is 1. The van der Waals surface area contributed by atoms with Gasteiger partial charge in [-0.3, -0.25) is 19.3 Å². The molecule has 1 aliphatic heterocycles. The molecule has 5 nitrogen and oxygen atoms in total. The molecule has 2 atom stereocenters. The zero-order valence-corrected chi connectivity index (χ0v) is 12.8. The van der Waals surface area contributed by atoms with E-state index < -0.39 is 5.82 Å². The van der Waals surface area contributed by atoms with E-state index in [4.69, 9.17) is 0 Å². The van der Waals surface area contributed by atoms with Crippen LogP contribution in [0.25, 0.3) is 0 Å². The van der Waals surface area contributed by atoms with E-state index >= 15 is 0 Å². The molecule has 0 radical (unpaired) electrons. The summed E-state index contributed by atoms with van der Waals surface area (Å²) in [6.07, 6.45) is 3.51. The number of halogens is 1. The van der Waals surface area contributed by atoms with Crippen molar-refractivity contribution in [2.24, 2.45) is 11.8 Å². The Morgan fingerprint density at radius 1 is 1.17 bits per heavy atom. The molecule has 2 fully saturated rings. The van der Waals surface area contributed by atoms with Gasteiger partial charge in [0.2, 0.25) is 17.7 Å². The number of carbonyl (C=O) groups excluding carboxylic acids is 3. The first kappa shape index (κ1) is 15.6. The third-order valence-corrected chi connectivity index (χ3v) is 4.60. The number of rotatable bonds is 4. The number of anilines is 1. The van der Waals surface area contributed by atoms with Crippen molar-refractivity contribution in [1.82, 2.24) is 4.90 Å². The number of benzene rings is 1. The third-order valence-electron chi connectivity index (χ3n) is 4.60. The van der Waals surface area contributed by atoms with Gasteiger partial charge < -0.3 is 5.32 Å². The van der Waals surface area contributed by atoms with Gasteiger partial charge in [0.15, 0.2) is 0 Å². The fraction of sp³-hybridized carbons (Fsp3) is 0.471. The number of nitrogens with zero attached hydrogens (tertiary/aromatic N) is 1. The molecular weight excluding hydrogens is 299 g/mol. The highest BCUT2D eigenvalue weighted by atomic mass is 19.1. The Bertz CT molecular complexity index is 622. The summed E-state index contributed by atoms with van der Waals surface area (Å²) in [4.78, 5) is 37.7. The van der Waals surface area contributed by atoms with Gasteiger partial charge in [-0.2, -0.15) is 0 Å². The molecule has 1 aromatic rings. The highest BCUT2D eigenvalue weighted by molar-refractivity contribution is 6.05. The average Bonchev–Trinajstić information content (AvgIpc) is 2.77. The van der Waals surface area contributed by atoms with Gasteiger partial charge in [0, 0.05) is 18.7 Å². The largest absolute Gasteiger partial charge is 0.326 e. The Hall–Kier alpha value is -2.24. The first-order chi connectivity index (χ1) is 11.1. The van der Waals surface area contributed by atoms with E-state index in [0.717, 1.165) is 25.7 Å². The van der Waals surface area contributed by atoms with E-state index in [-0.39, 0.29) is 42.5 Å². The molecule has 0 unspecified atom stereocenters. The molecule has 1 aromatic carbocycles. The minimum Gasteiger partial charge on any atom is -0.326 e. The van der Waals surface area contributed by atoms with E-state index in [2.05, 4.69) is 5.32 Å². The summed E-state index contributed by atoms with van der Waals surface area (Å²) in [6.45, 7) is 0.0891. The van der Waals surface area contributed by atoms with Crippen LogP contribution in [0, 0.1) is 17.7 Å². The second kappa shape index (κ2) is 6.48. The molecule has 3 rings (SSSR count). The lowest BCUT2D eigenvalue weighted by Gasteiger charge is -2.19. The lowest BCUT2D eigenvalue weighted by atomic mass is 9.81. The van der Waals surface area contributed by atoms with E-state index in [1.165, 1.54) is 23.1 Å². The molecule has 1 saturated carbocycles. The molecular formula is C17H19FN2O3. The maximum absolute atomic E-state index is 13.1. The molecule has 1 aliphatic carbocycles. The van der Waals surface area contributed by atoms with Gasteiger partial charge in [0.1, 0.15) is 5.82 Å². The van der Waals surface area contributed by atoms with Crippen molar-refractivity contribution in [2.75, 3.05) is 11.9 Å². The number of likely N-dealkylation sites (tertiary alicyclic amines) is 1. The number of amides is 3. The van der Waals surface area contributed by atoms with Crippen LogP contribution in [-0.4, -0.2) is 29.2 Å². The summed E-state index contributed by atoms with van der Waals surface area (Å²) >= 11 is 0. The van der Waals surface area contributed by atoms with E-state index in [0.29, 0.717) is 5.69 Å². The first-order valence-electron chi connectivity index (χ1n) is 7.97. The molecule has 2 aliphatic rings. The van der Waals surface area contributed by atoms with Crippen LogP contribution in [0.3, 0.4) is 0 Å². The average molecular weight is 318 g/mol. The molecule has 0 spiro atoms. The molecule has 3 amide bonds. The minimum atomic E-state index is -0.434. The van der Waals surface area contributed by atoms with Crippen molar-refractivity contribution in [3.05, 3.63) is 30.1 Å². The zero-order chi connectivity index (χ0) is 16.4. The van der Waals surface area contributed by atoms with E-state index in [1.54, 1.807) is 6.07 Å². The summed E-state index contributed by atoms with van der Waals surface area (Å²) < 4.78 is 13.1. The Balaban J connectivity index is 1.56. The number of carbonyl (C=O) groups is 3. The molecule has 6 heteroatoms. The molecule has 0 aromatic heterocycles. The van der Waals surface area contributed by atoms with Crippen LogP contribution in [0.1, 0.15) is 32.1 Å². The summed E-state index contributed by atoms with van der Waals surface area (Å²) in [5.41, 5.74) is 0.364. The van der Waals surface area contributed by atoms with Crippen molar-refractivity contribution >= 4 is 23.4 Å². The van der Waals surface area contributed by atoms with Gasteiger partial charge in [-0.05, 0) is 31.0 Å². The molecule has 23 heavy (non-hydrogen) atoms. The normalized spacial score (nSPS) is 23.8. The number of imide groups is 1. The molecule has 1 N–H and O–H groups in total. The van der Waals surface area contributed by atoms with E-state index in [9.17, 15) is 18.8 Å². The fourth-order valence-corrected chi connectivity index (χ4v) is 3.45. The van der Waals surface area contributed by atoms with Crippen molar-refractivity contribution < 1.29 is 18.8 Å². The van der Waals surface area contributed by atoms with Crippen molar-refractivity contribution in [3.63, 3.8) is 0 Å². The molecule has 1 heterocycles. The van der Waals surface area contributed by atoms with Crippen LogP contribution in [0.5, 0.6) is 0 Å². The number of hydrogen-bond donors (Lipinski definition) is 1. The monoisotopic (exact) mass is 318 g/mol. The zero-order valence-electron chi connectivity index (χ0n) is 12.8.